The third kappa shape index (κ3) is 4.07. The molecule has 0 unspecified atom stereocenters. The Hall–Kier alpha value is -1.52. The van der Waals surface area contributed by atoms with Crippen LogP contribution in [0.15, 0.2) is 65.6 Å². The van der Waals surface area contributed by atoms with Crippen molar-refractivity contribution in [2.24, 2.45) is 0 Å². The smallest absolute Gasteiger partial charge is 0.0449 e. The van der Waals surface area contributed by atoms with Gasteiger partial charge in [-0.25, -0.2) is 0 Å². The number of halogens is 1. The van der Waals surface area contributed by atoms with Crippen molar-refractivity contribution in [3.8, 4) is 0 Å². The molecule has 3 aromatic carbocycles. The van der Waals surface area contributed by atoms with Crippen molar-refractivity contribution in [3.63, 3.8) is 0 Å². The molecule has 1 aliphatic heterocycles. The Kier molecular flexibility index (Phi) is 5.81. The normalized spacial score (nSPS) is 15.4. The molecule has 1 heterocycles. The van der Waals surface area contributed by atoms with E-state index in [1.807, 2.05) is 17.8 Å². The summed E-state index contributed by atoms with van der Waals surface area (Å²) in [6, 6.07) is 21.4. The molecule has 0 aromatic heterocycles. The van der Waals surface area contributed by atoms with Crippen LogP contribution in [0.1, 0.15) is 11.1 Å². The zero-order chi connectivity index (χ0) is 17.8. The third-order valence-electron chi connectivity index (χ3n) is 4.94. The van der Waals surface area contributed by atoms with E-state index >= 15 is 0 Å². The molecule has 4 heteroatoms. The van der Waals surface area contributed by atoms with Crippen LogP contribution in [0.25, 0.3) is 10.8 Å². The van der Waals surface area contributed by atoms with Gasteiger partial charge in [-0.3, -0.25) is 4.90 Å². The van der Waals surface area contributed by atoms with Crippen LogP contribution in [-0.2, 0) is 12.3 Å². The average molecular weight is 383 g/mol. The lowest BCUT2D eigenvalue weighted by molar-refractivity contribution is 0.233. The Balaban J connectivity index is 1.55. The van der Waals surface area contributed by atoms with E-state index in [0.29, 0.717) is 0 Å². The fourth-order valence-corrected chi connectivity index (χ4v) is 4.99. The molecule has 4 rings (SSSR count). The van der Waals surface area contributed by atoms with E-state index in [1.54, 1.807) is 0 Å². The summed E-state index contributed by atoms with van der Waals surface area (Å²) >= 11 is 8.47. The molecule has 134 valence electrons. The molecule has 3 aromatic rings. The van der Waals surface area contributed by atoms with Gasteiger partial charge in [-0.2, -0.15) is 0 Å². The number of nitrogens with one attached hydrogen (secondary N) is 1. The topological polar surface area (TPSA) is 15.3 Å². The monoisotopic (exact) mass is 382 g/mol. The number of nitrogens with zero attached hydrogens (tertiary/aromatic N) is 1. The fraction of sp³-hybridized carbons (Fsp3) is 0.273. The molecule has 0 spiro atoms. The van der Waals surface area contributed by atoms with Crippen molar-refractivity contribution >= 4 is 34.1 Å². The van der Waals surface area contributed by atoms with Gasteiger partial charge in [-0.05, 0) is 34.0 Å². The van der Waals surface area contributed by atoms with Crippen molar-refractivity contribution in [2.45, 2.75) is 17.2 Å². The SMILES string of the molecule is Clc1cccc(CN2CCNCC2)c1CSc1cccc2ccccc12. The van der Waals surface area contributed by atoms with Gasteiger partial charge >= 0.3 is 0 Å². The van der Waals surface area contributed by atoms with E-state index in [9.17, 15) is 0 Å². The Morgan fingerprint density at radius 2 is 1.69 bits per heavy atom. The predicted octanol–water partition coefficient (Wildman–Crippen LogP) is 5.19. The van der Waals surface area contributed by atoms with Gasteiger partial charge in [0.05, 0.1) is 0 Å². The molecule has 0 amide bonds. The highest BCUT2D eigenvalue weighted by atomic mass is 35.5. The van der Waals surface area contributed by atoms with Crippen molar-refractivity contribution < 1.29 is 0 Å². The Bertz CT molecular complexity index is 885. The first kappa shape index (κ1) is 17.9. The highest BCUT2D eigenvalue weighted by Crippen LogP contribution is 2.33. The Morgan fingerprint density at radius 1 is 0.923 bits per heavy atom. The molecule has 1 saturated heterocycles. The summed E-state index contributed by atoms with van der Waals surface area (Å²) in [5.74, 6) is 0.898. The quantitative estimate of drug-likeness (QED) is 0.611. The van der Waals surface area contributed by atoms with Crippen molar-refractivity contribution in [3.05, 3.63) is 76.8 Å². The van der Waals surface area contributed by atoms with E-state index in [4.69, 9.17) is 11.6 Å². The Labute approximate surface area is 164 Å². The summed E-state index contributed by atoms with van der Waals surface area (Å²) in [4.78, 5) is 3.82. The van der Waals surface area contributed by atoms with Gasteiger partial charge in [0.25, 0.3) is 0 Å². The number of thioether (sulfide) groups is 1. The molecule has 0 aliphatic carbocycles. The van der Waals surface area contributed by atoms with Crippen molar-refractivity contribution in [1.29, 1.82) is 0 Å². The van der Waals surface area contributed by atoms with E-state index in [1.165, 1.54) is 26.8 Å². The number of rotatable bonds is 5. The van der Waals surface area contributed by atoms with Crippen molar-refractivity contribution in [2.75, 3.05) is 26.2 Å². The van der Waals surface area contributed by atoms with Gasteiger partial charge in [0.1, 0.15) is 0 Å². The number of hydrogen-bond donors (Lipinski definition) is 1. The van der Waals surface area contributed by atoms with Gasteiger partial charge in [0, 0.05) is 48.4 Å². The molecule has 0 atom stereocenters. The molecule has 2 nitrogen and oxygen atoms in total. The fourth-order valence-electron chi connectivity index (χ4n) is 3.49. The summed E-state index contributed by atoms with van der Waals surface area (Å²) in [5.41, 5.74) is 2.62. The number of piperazine rings is 1. The van der Waals surface area contributed by atoms with Crippen LogP contribution in [0.5, 0.6) is 0 Å². The lowest BCUT2D eigenvalue weighted by atomic mass is 10.1. The minimum absolute atomic E-state index is 0.880. The molecular formula is C22H23ClN2S. The maximum Gasteiger partial charge on any atom is 0.0449 e. The molecule has 1 aliphatic rings. The van der Waals surface area contributed by atoms with Gasteiger partial charge in [0.15, 0.2) is 0 Å². The van der Waals surface area contributed by atoms with E-state index in [0.717, 1.165) is 43.5 Å². The van der Waals surface area contributed by atoms with E-state index < -0.39 is 0 Å². The minimum Gasteiger partial charge on any atom is -0.314 e. The van der Waals surface area contributed by atoms with Gasteiger partial charge < -0.3 is 5.32 Å². The highest BCUT2D eigenvalue weighted by Gasteiger charge is 2.14. The minimum atomic E-state index is 0.880. The van der Waals surface area contributed by atoms with Crippen LogP contribution >= 0.6 is 23.4 Å². The highest BCUT2D eigenvalue weighted by molar-refractivity contribution is 7.98. The molecular weight excluding hydrogens is 360 g/mol. The van der Waals surface area contributed by atoms with Crippen LogP contribution in [0.3, 0.4) is 0 Å². The first-order valence-corrected chi connectivity index (χ1v) is 10.5. The molecule has 0 saturated carbocycles. The predicted molar refractivity (Wildman–Crippen MR) is 113 cm³/mol. The van der Waals surface area contributed by atoms with Crippen molar-refractivity contribution in [1.82, 2.24) is 10.2 Å². The average Bonchev–Trinajstić information content (AvgIpc) is 2.68. The molecule has 1 fully saturated rings. The molecule has 0 radical (unpaired) electrons. The third-order valence-corrected chi connectivity index (χ3v) is 6.40. The zero-order valence-electron chi connectivity index (χ0n) is 14.7. The van der Waals surface area contributed by atoms with Crippen LogP contribution < -0.4 is 5.32 Å². The first-order valence-electron chi connectivity index (χ1n) is 9.11. The summed E-state index contributed by atoms with van der Waals surface area (Å²) < 4.78 is 0. The summed E-state index contributed by atoms with van der Waals surface area (Å²) in [6.45, 7) is 5.32. The molecule has 0 bridgehead atoms. The van der Waals surface area contributed by atoms with Gasteiger partial charge in [0.2, 0.25) is 0 Å². The lowest BCUT2D eigenvalue weighted by Gasteiger charge is -2.28. The zero-order valence-corrected chi connectivity index (χ0v) is 16.3. The summed E-state index contributed by atoms with van der Waals surface area (Å²) in [5, 5.41) is 6.90. The van der Waals surface area contributed by atoms with Crippen LogP contribution in [0.2, 0.25) is 5.02 Å². The number of hydrogen-bond acceptors (Lipinski definition) is 3. The number of benzene rings is 3. The Morgan fingerprint density at radius 3 is 2.58 bits per heavy atom. The maximum absolute atomic E-state index is 6.59. The second-order valence-corrected chi connectivity index (χ2v) is 8.09. The standard InChI is InChI=1S/C22H23ClN2S/c23-21-9-3-7-18(15-25-13-11-24-12-14-25)20(21)16-26-22-10-4-6-17-5-1-2-8-19(17)22/h1-10,24H,11-16H2. The van der Waals surface area contributed by atoms with Crippen LogP contribution in [0, 0.1) is 0 Å². The molecule has 1 N–H and O–H groups in total. The van der Waals surface area contributed by atoms with E-state index in [2.05, 4.69) is 64.8 Å². The maximum atomic E-state index is 6.59. The second kappa shape index (κ2) is 8.45. The lowest BCUT2D eigenvalue weighted by Crippen LogP contribution is -2.43. The first-order chi connectivity index (χ1) is 12.8. The van der Waals surface area contributed by atoms with Crippen LogP contribution in [-0.4, -0.2) is 31.1 Å². The van der Waals surface area contributed by atoms with E-state index in [-0.39, 0.29) is 0 Å². The summed E-state index contributed by atoms with van der Waals surface area (Å²) in [6.07, 6.45) is 0. The number of fused-ring (bicyclic) bond motifs is 1. The molecule has 26 heavy (non-hydrogen) atoms. The largest absolute Gasteiger partial charge is 0.314 e. The summed E-state index contributed by atoms with van der Waals surface area (Å²) in [7, 11) is 0. The second-order valence-electron chi connectivity index (χ2n) is 6.67. The van der Waals surface area contributed by atoms with Gasteiger partial charge in [-0.1, -0.05) is 60.1 Å². The van der Waals surface area contributed by atoms with Crippen LogP contribution in [0.4, 0.5) is 0 Å². The van der Waals surface area contributed by atoms with Gasteiger partial charge in [-0.15, -0.1) is 11.8 Å².